The van der Waals surface area contributed by atoms with E-state index in [1.165, 1.54) is 32.1 Å². The van der Waals surface area contributed by atoms with Crippen molar-refractivity contribution in [2.24, 2.45) is 11.8 Å². The van der Waals surface area contributed by atoms with Gasteiger partial charge in [-0.3, -0.25) is 14.9 Å². The first-order valence-electron chi connectivity index (χ1n) is 12.3. The van der Waals surface area contributed by atoms with E-state index in [0.29, 0.717) is 29.4 Å². The molecule has 178 valence electrons. The largest absolute Gasteiger partial charge is 0.478 e. The van der Waals surface area contributed by atoms with Crippen molar-refractivity contribution in [3.05, 3.63) is 65.4 Å². The van der Waals surface area contributed by atoms with Crippen molar-refractivity contribution in [3.8, 4) is 11.3 Å². The van der Waals surface area contributed by atoms with Crippen LogP contribution in [0.15, 0.2) is 42.6 Å². The maximum Gasteiger partial charge on any atom is 0.336 e. The first-order valence-corrected chi connectivity index (χ1v) is 12.3. The van der Waals surface area contributed by atoms with Crippen LogP contribution in [0, 0.1) is 11.8 Å². The van der Waals surface area contributed by atoms with Crippen LogP contribution in [-0.4, -0.2) is 37.0 Å². The van der Waals surface area contributed by atoms with Gasteiger partial charge in [0.1, 0.15) is 5.82 Å². The van der Waals surface area contributed by atoms with E-state index >= 15 is 0 Å². The standard InChI is InChI=1S/C27H32N4O3/c1-2-3-4-8-18-9-7-10-20(15-18)25(32)26-29-24(30-31-26)16-19-13-14-23(28-17-19)21-11-5-6-12-22(21)27(33)34/h5-6,11-14,17-18,20H,2-4,7-10,15-16H2,1H3,(H,33,34)(H,29,30,31). The predicted molar refractivity (Wildman–Crippen MR) is 130 cm³/mol. The summed E-state index contributed by atoms with van der Waals surface area (Å²) in [4.78, 5) is 33.4. The van der Waals surface area contributed by atoms with Gasteiger partial charge in [0.25, 0.3) is 0 Å². The summed E-state index contributed by atoms with van der Waals surface area (Å²) in [5, 5.41) is 16.5. The predicted octanol–water partition coefficient (Wildman–Crippen LogP) is 5.73. The third-order valence-corrected chi connectivity index (χ3v) is 6.75. The second-order valence-electron chi connectivity index (χ2n) is 9.27. The number of benzene rings is 1. The van der Waals surface area contributed by atoms with Crippen LogP contribution in [0.3, 0.4) is 0 Å². The highest BCUT2D eigenvalue weighted by Gasteiger charge is 2.29. The van der Waals surface area contributed by atoms with E-state index in [1.807, 2.05) is 6.07 Å². The smallest absolute Gasteiger partial charge is 0.336 e. The summed E-state index contributed by atoms with van der Waals surface area (Å²) in [5.41, 5.74) is 2.30. The number of carboxylic acids is 1. The third-order valence-electron chi connectivity index (χ3n) is 6.75. The second-order valence-corrected chi connectivity index (χ2v) is 9.27. The maximum absolute atomic E-state index is 13.0. The first kappa shape index (κ1) is 23.8. The number of nitrogens with zero attached hydrogens (tertiary/aromatic N) is 3. The molecule has 1 aromatic carbocycles. The lowest BCUT2D eigenvalue weighted by atomic mass is 9.77. The lowest BCUT2D eigenvalue weighted by molar-refractivity contribution is 0.0697. The maximum atomic E-state index is 13.0. The van der Waals surface area contributed by atoms with Crippen molar-refractivity contribution >= 4 is 11.8 Å². The van der Waals surface area contributed by atoms with Gasteiger partial charge in [0.15, 0.2) is 0 Å². The minimum absolute atomic E-state index is 0.0271. The fourth-order valence-electron chi connectivity index (χ4n) is 4.92. The summed E-state index contributed by atoms with van der Waals surface area (Å²) in [5.74, 6) is 0.656. The van der Waals surface area contributed by atoms with Gasteiger partial charge in [0, 0.05) is 24.1 Å². The summed E-state index contributed by atoms with van der Waals surface area (Å²) >= 11 is 0. The number of unbranched alkanes of at least 4 members (excludes halogenated alkanes) is 2. The molecule has 34 heavy (non-hydrogen) atoms. The van der Waals surface area contributed by atoms with Gasteiger partial charge in [-0.05, 0) is 36.5 Å². The summed E-state index contributed by atoms with van der Waals surface area (Å²) in [6.07, 6.45) is 11.4. The van der Waals surface area contributed by atoms with Crippen LogP contribution in [-0.2, 0) is 6.42 Å². The van der Waals surface area contributed by atoms with E-state index in [2.05, 4.69) is 27.1 Å². The molecular formula is C27H32N4O3. The average molecular weight is 461 g/mol. The van der Waals surface area contributed by atoms with Crippen LogP contribution < -0.4 is 0 Å². The highest BCUT2D eigenvalue weighted by atomic mass is 16.4. The number of rotatable bonds is 10. The quantitative estimate of drug-likeness (QED) is 0.296. The van der Waals surface area contributed by atoms with Crippen LogP contribution in [0.5, 0.6) is 0 Å². The Morgan fingerprint density at radius 2 is 1.97 bits per heavy atom. The normalized spacial score (nSPS) is 18.0. The third kappa shape index (κ3) is 5.76. The number of nitrogens with one attached hydrogen (secondary N) is 1. The minimum Gasteiger partial charge on any atom is -0.478 e. The number of ketones is 1. The van der Waals surface area contributed by atoms with Gasteiger partial charge >= 0.3 is 5.97 Å². The number of carboxylic acid groups (broad SMARTS) is 1. The van der Waals surface area contributed by atoms with Gasteiger partial charge in [-0.15, -0.1) is 0 Å². The molecule has 0 amide bonds. The number of aromatic carboxylic acids is 1. The Hall–Kier alpha value is -3.35. The molecule has 2 heterocycles. The Labute approximate surface area is 200 Å². The molecule has 2 atom stereocenters. The van der Waals surface area contributed by atoms with E-state index in [9.17, 15) is 14.7 Å². The number of hydrogen-bond donors (Lipinski definition) is 2. The zero-order valence-electron chi connectivity index (χ0n) is 19.7. The van der Waals surface area contributed by atoms with E-state index in [0.717, 1.165) is 24.8 Å². The number of hydrogen-bond acceptors (Lipinski definition) is 5. The first-order chi connectivity index (χ1) is 16.5. The molecule has 1 aliphatic rings. The van der Waals surface area contributed by atoms with Gasteiger partial charge in [0.2, 0.25) is 11.6 Å². The van der Waals surface area contributed by atoms with Crippen molar-refractivity contribution in [3.63, 3.8) is 0 Å². The van der Waals surface area contributed by atoms with Crippen molar-refractivity contribution in [2.75, 3.05) is 0 Å². The van der Waals surface area contributed by atoms with Crippen LogP contribution in [0.2, 0.25) is 0 Å². The molecule has 1 aliphatic carbocycles. The molecule has 1 fully saturated rings. The fourth-order valence-corrected chi connectivity index (χ4v) is 4.92. The number of carbonyl (C=O) groups is 2. The molecule has 0 aliphatic heterocycles. The highest BCUT2D eigenvalue weighted by molar-refractivity contribution is 5.95. The molecule has 4 rings (SSSR count). The summed E-state index contributed by atoms with van der Waals surface area (Å²) in [7, 11) is 0. The zero-order chi connectivity index (χ0) is 23.9. The molecule has 2 N–H and O–H groups in total. The Morgan fingerprint density at radius 3 is 2.74 bits per heavy atom. The van der Waals surface area contributed by atoms with Gasteiger partial charge in [-0.2, -0.15) is 5.10 Å². The van der Waals surface area contributed by atoms with Crippen LogP contribution in [0.25, 0.3) is 11.3 Å². The van der Waals surface area contributed by atoms with Gasteiger partial charge < -0.3 is 5.11 Å². The fraction of sp³-hybridized carbons (Fsp3) is 0.444. The summed E-state index contributed by atoms with van der Waals surface area (Å²) < 4.78 is 0. The molecule has 0 spiro atoms. The van der Waals surface area contributed by atoms with E-state index in [4.69, 9.17) is 0 Å². The van der Waals surface area contributed by atoms with Crippen LogP contribution >= 0.6 is 0 Å². The molecule has 3 aromatic rings. The lowest BCUT2D eigenvalue weighted by Crippen LogP contribution is -2.24. The second kappa shape index (κ2) is 11.2. The Kier molecular flexibility index (Phi) is 7.83. The van der Waals surface area contributed by atoms with E-state index in [1.54, 1.807) is 36.5 Å². The van der Waals surface area contributed by atoms with Crippen LogP contribution in [0.1, 0.15) is 90.7 Å². The molecule has 2 unspecified atom stereocenters. The molecule has 1 saturated carbocycles. The molecule has 0 saturated heterocycles. The van der Waals surface area contributed by atoms with Gasteiger partial charge in [-0.1, -0.05) is 69.7 Å². The number of H-pyrrole nitrogens is 1. The zero-order valence-corrected chi connectivity index (χ0v) is 19.7. The monoisotopic (exact) mass is 460 g/mol. The number of pyridine rings is 1. The Morgan fingerprint density at radius 1 is 1.12 bits per heavy atom. The molecule has 2 aromatic heterocycles. The molecule has 7 heteroatoms. The van der Waals surface area contributed by atoms with Crippen molar-refractivity contribution in [1.29, 1.82) is 0 Å². The van der Waals surface area contributed by atoms with E-state index in [-0.39, 0.29) is 23.1 Å². The van der Waals surface area contributed by atoms with Gasteiger partial charge in [0.05, 0.1) is 11.3 Å². The van der Waals surface area contributed by atoms with Crippen molar-refractivity contribution < 1.29 is 14.7 Å². The molecular weight excluding hydrogens is 428 g/mol. The minimum atomic E-state index is -0.981. The lowest BCUT2D eigenvalue weighted by Gasteiger charge is -2.27. The Balaban J connectivity index is 1.38. The summed E-state index contributed by atoms with van der Waals surface area (Å²) in [6, 6.07) is 10.5. The molecule has 0 radical (unpaired) electrons. The molecule has 7 nitrogen and oxygen atoms in total. The van der Waals surface area contributed by atoms with Crippen molar-refractivity contribution in [1.82, 2.24) is 20.2 Å². The number of aromatic amines is 1. The Bertz CT molecular complexity index is 1120. The highest BCUT2D eigenvalue weighted by Crippen LogP contribution is 2.34. The number of Topliss-reactive ketones (excluding diaryl/α,β-unsaturated/α-hetero) is 1. The number of carbonyl (C=O) groups excluding carboxylic acids is 1. The SMILES string of the molecule is CCCCCC1CCCC(C(=O)c2n[nH]c(Cc3ccc(-c4ccccc4C(=O)O)nc3)n2)C1. The average Bonchev–Trinajstić information content (AvgIpc) is 3.33. The van der Waals surface area contributed by atoms with E-state index < -0.39 is 5.97 Å². The molecule has 0 bridgehead atoms. The van der Waals surface area contributed by atoms with Crippen LogP contribution in [0.4, 0.5) is 0 Å². The van der Waals surface area contributed by atoms with Crippen molar-refractivity contribution in [2.45, 2.75) is 64.7 Å². The van der Waals surface area contributed by atoms with Gasteiger partial charge in [-0.25, -0.2) is 9.78 Å². The topological polar surface area (TPSA) is 109 Å². The summed E-state index contributed by atoms with van der Waals surface area (Å²) in [6.45, 7) is 2.22. The number of aromatic nitrogens is 4.